The number of carbonyl (C=O) groups is 1. The number of aromatic nitrogens is 2. The van der Waals surface area contributed by atoms with Crippen molar-refractivity contribution in [2.24, 2.45) is 5.92 Å². The third-order valence-electron chi connectivity index (χ3n) is 4.09. The van der Waals surface area contributed by atoms with Gasteiger partial charge in [-0.1, -0.05) is 0 Å². The molecule has 1 aromatic heterocycles. The molecule has 1 aliphatic carbocycles. The number of hydrogen-bond donors (Lipinski definition) is 2. The number of nitrogens with zero attached hydrogens (tertiary/aromatic N) is 2. The molecule has 1 amide bonds. The average molecular weight is 262 g/mol. The van der Waals surface area contributed by atoms with Crippen LogP contribution in [0.3, 0.4) is 0 Å². The van der Waals surface area contributed by atoms with E-state index in [0.29, 0.717) is 13.0 Å². The van der Waals surface area contributed by atoms with E-state index < -0.39 is 0 Å². The van der Waals surface area contributed by atoms with E-state index in [1.54, 1.807) is 6.33 Å². The first-order valence-electron chi connectivity index (χ1n) is 7.20. The molecular formula is C14H22N4O. The van der Waals surface area contributed by atoms with Gasteiger partial charge in [-0.25, -0.2) is 4.98 Å². The van der Waals surface area contributed by atoms with Gasteiger partial charge in [0.15, 0.2) is 0 Å². The Morgan fingerprint density at radius 1 is 1.53 bits per heavy atom. The highest BCUT2D eigenvalue weighted by molar-refractivity contribution is 5.82. The summed E-state index contributed by atoms with van der Waals surface area (Å²) in [6, 6.07) is 0.160. The first kappa shape index (κ1) is 12.7. The predicted octanol–water partition coefficient (Wildman–Crippen LogP) is 1.07. The van der Waals surface area contributed by atoms with Gasteiger partial charge in [-0.3, -0.25) is 10.1 Å². The van der Waals surface area contributed by atoms with E-state index in [4.69, 9.17) is 0 Å². The van der Waals surface area contributed by atoms with Gasteiger partial charge in [0.1, 0.15) is 0 Å². The second-order valence-corrected chi connectivity index (χ2v) is 5.99. The monoisotopic (exact) mass is 262 g/mol. The van der Waals surface area contributed by atoms with Gasteiger partial charge in [0.25, 0.3) is 0 Å². The van der Waals surface area contributed by atoms with Gasteiger partial charge >= 0.3 is 0 Å². The van der Waals surface area contributed by atoms with Gasteiger partial charge in [0.2, 0.25) is 5.91 Å². The summed E-state index contributed by atoms with van der Waals surface area (Å²) in [6.45, 7) is 5.83. The van der Waals surface area contributed by atoms with Crippen molar-refractivity contribution in [3.63, 3.8) is 0 Å². The Hall–Kier alpha value is -1.36. The van der Waals surface area contributed by atoms with E-state index in [1.807, 2.05) is 4.90 Å². The van der Waals surface area contributed by atoms with Crippen molar-refractivity contribution in [3.8, 4) is 0 Å². The number of rotatable bonds is 4. The molecule has 5 heteroatoms. The Balaban J connectivity index is 1.68. The highest BCUT2D eigenvalue weighted by Gasteiger charge is 2.33. The molecule has 0 radical (unpaired) electrons. The SMILES string of the molecule is CC(C)N(CC1CC1)C(=O)C1Cc2nc[nH]c2CN1. The molecule has 5 nitrogen and oxygen atoms in total. The van der Waals surface area contributed by atoms with Gasteiger partial charge in [-0.05, 0) is 32.6 Å². The van der Waals surface area contributed by atoms with E-state index in [1.165, 1.54) is 12.8 Å². The highest BCUT2D eigenvalue weighted by Crippen LogP contribution is 2.30. The summed E-state index contributed by atoms with van der Waals surface area (Å²) in [6.07, 6.45) is 4.96. The maximum atomic E-state index is 12.7. The van der Waals surface area contributed by atoms with Crippen molar-refractivity contribution >= 4 is 5.91 Å². The van der Waals surface area contributed by atoms with Crippen LogP contribution in [0.25, 0.3) is 0 Å². The zero-order valence-corrected chi connectivity index (χ0v) is 11.6. The molecule has 3 rings (SSSR count). The predicted molar refractivity (Wildman–Crippen MR) is 72.5 cm³/mol. The molecule has 1 aliphatic heterocycles. The van der Waals surface area contributed by atoms with Crippen LogP contribution in [-0.4, -0.2) is 39.4 Å². The van der Waals surface area contributed by atoms with Gasteiger partial charge in [-0.2, -0.15) is 0 Å². The first-order chi connectivity index (χ1) is 9.15. The summed E-state index contributed by atoms with van der Waals surface area (Å²) < 4.78 is 0. The molecule has 1 unspecified atom stereocenters. The number of hydrogen-bond acceptors (Lipinski definition) is 3. The van der Waals surface area contributed by atoms with Gasteiger partial charge in [-0.15, -0.1) is 0 Å². The summed E-state index contributed by atoms with van der Waals surface area (Å²) >= 11 is 0. The number of aromatic amines is 1. The van der Waals surface area contributed by atoms with Crippen molar-refractivity contribution < 1.29 is 4.79 Å². The second kappa shape index (κ2) is 4.96. The lowest BCUT2D eigenvalue weighted by molar-refractivity contribution is -0.135. The lowest BCUT2D eigenvalue weighted by atomic mass is 10.0. The van der Waals surface area contributed by atoms with Crippen molar-refractivity contribution in [1.82, 2.24) is 20.2 Å². The molecule has 2 heterocycles. The van der Waals surface area contributed by atoms with Crippen molar-refractivity contribution in [3.05, 3.63) is 17.7 Å². The molecule has 1 fully saturated rings. The number of H-pyrrole nitrogens is 1. The Kier molecular flexibility index (Phi) is 3.31. The Labute approximate surface area is 113 Å². The lowest BCUT2D eigenvalue weighted by Gasteiger charge is -2.32. The molecule has 1 aromatic rings. The molecule has 2 aliphatic rings. The molecule has 0 spiro atoms. The minimum Gasteiger partial charge on any atom is -0.347 e. The van der Waals surface area contributed by atoms with Crippen LogP contribution < -0.4 is 5.32 Å². The van der Waals surface area contributed by atoms with E-state index in [2.05, 4.69) is 29.1 Å². The van der Waals surface area contributed by atoms with E-state index in [-0.39, 0.29) is 18.0 Å². The quantitative estimate of drug-likeness (QED) is 0.853. The normalized spacial score (nSPS) is 22.4. The first-order valence-corrected chi connectivity index (χ1v) is 7.20. The summed E-state index contributed by atoms with van der Waals surface area (Å²) in [5.41, 5.74) is 2.15. The van der Waals surface area contributed by atoms with E-state index in [0.717, 1.165) is 23.9 Å². The number of nitrogens with one attached hydrogen (secondary N) is 2. The van der Waals surface area contributed by atoms with Gasteiger partial charge < -0.3 is 9.88 Å². The molecular weight excluding hydrogens is 240 g/mol. The molecule has 0 aromatic carbocycles. The van der Waals surface area contributed by atoms with Crippen LogP contribution in [0.15, 0.2) is 6.33 Å². The third-order valence-corrected chi connectivity index (χ3v) is 4.09. The van der Waals surface area contributed by atoms with Crippen LogP contribution in [0.2, 0.25) is 0 Å². The standard InChI is InChI=1S/C14H22N4O/c1-9(2)18(7-10-3-4-10)14(19)12-5-11-13(6-15-12)17-8-16-11/h8-10,12,15H,3-7H2,1-2H3,(H,16,17). The fourth-order valence-corrected chi connectivity index (χ4v) is 2.68. The van der Waals surface area contributed by atoms with Crippen LogP contribution in [0.1, 0.15) is 38.1 Å². The van der Waals surface area contributed by atoms with Crippen LogP contribution in [0.5, 0.6) is 0 Å². The van der Waals surface area contributed by atoms with E-state index in [9.17, 15) is 4.79 Å². The minimum absolute atomic E-state index is 0.114. The molecule has 0 bridgehead atoms. The smallest absolute Gasteiger partial charge is 0.240 e. The lowest BCUT2D eigenvalue weighted by Crippen LogP contribution is -2.52. The highest BCUT2D eigenvalue weighted by atomic mass is 16.2. The summed E-state index contributed by atoms with van der Waals surface area (Å²) in [7, 11) is 0. The second-order valence-electron chi connectivity index (χ2n) is 5.99. The number of carbonyl (C=O) groups excluding carboxylic acids is 1. The molecule has 19 heavy (non-hydrogen) atoms. The Morgan fingerprint density at radius 2 is 2.32 bits per heavy atom. The largest absolute Gasteiger partial charge is 0.347 e. The maximum absolute atomic E-state index is 12.7. The van der Waals surface area contributed by atoms with Crippen LogP contribution in [-0.2, 0) is 17.8 Å². The molecule has 104 valence electrons. The topological polar surface area (TPSA) is 61.0 Å². The van der Waals surface area contributed by atoms with Crippen LogP contribution in [0.4, 0.5) is 0 Å². The Morgan fingerprint density at radius 3 is 3.00 bits per heavy atom. The van der Waals surface area contributed by atoms with Crippen molar-refractivity contribution in [1.29, 1.82) is 0 Å². The fourth-order valence-electron chi connectivity index (χ4n) is 2.68. The number of imidazole rings is 1. The molecule has 2 N–H and O–H groups in total. The fraction of sp³-hybridized carbons (Fsp3) is 0.714. The average Bonchev–Trinajstić information content (AvgIpc) is 3.09. The zero-order valence-electron chi connectivity index (χ0n) is 11.6. The molecule has 0 saturated heterocycles. The van der Waals surface area contributed by atoms with Gasteiger partial charge in [0, 0.05) is 25.6 Å². The summed E-state index contributed by atoms with van der Waals surface area (Å²) in [5.74, 6) is 0.964. The van der Waals surface area contributed by atoms with Crippen molar-refractivity contribution in [2.45, 2.75) is 51.7 Å². The van der Waals surface area contributed by atoms with Crippen LogP contribution >= 0.6 is 0 Å². The molecule has 1 saturated carbocycles. The Bertz CT molecular complexity index is 464. The summed E-state index contributed by atoms with van der Waals surface area (Å²) in [5, 5.41) is 3.33. The van der Waals surface area contributed by atoms with E-state index >= 15 is 0 Å². The van der Waals surface area contributed by atoms with Crippen molar-refractivity contribution in [2.75, 3.05) is 6.54 Å². The maximum Gasteiger partial charge on any atom is 0.240 e. The number of fused-ring (bicyclic) bond motifs is 1. The number of amides is 1. The van der Waals surface area contributed by atoms with Gasteiger partial charge in [0.05, 0.1) is 23.8 Å². The summed E-state index contributed by atoms with van der Waals surface area (Å²) in [4.78, 5) is 22.1. The minimum atomic E-state index is -0.114. The van der Waals surface area contributed by atoms with Crippen LogP contribution in [0, 0.1) is 5.92 Å². The zero-order chi connectivity index (χ0) is 13.4. The third kappa shape index (κ3) is 2.66. The molecule has 1 atom stereocenters.